The predicted molar refractivity (Wildman–Crippen MR) is 97.9 cm³/mol. The van der Waals surface area contributed by atoms with Crippen molar-refractivity contribution in [1.29, 1.82) is 0 Å². The molecular weight excluding hydrogens is 375 g/mol. The van der Waals surface area contributed by atoms with Crippen molar-refractivity contribution < 1.29 is 23.5 Å². The topological polar surface area (TPSA) is 67.9 Å². The third-order valence-corrected chi connectivity index (χ3v) is 4.81. The van der Waals surface area contributed by atoms with Crippen LogP contribution in [0.3, 0.4) is 0 Å². The lowest BCUT2D eigenvalue weighted by atomic mass is 10.1. The minimum atomic E-state index is -0.560. The number of rotatable bonds is 3. The summed E-state index contributed by atoms with van der Waals surface area (Å²) in [6, 6.07) is 9.21. The Hall–Kier alpha value is -2.80. The Balaban J connectivity index is 1.47. The minimum absolute atomic E-state index is 0.0757. The van der Waals surface area contributed by atoms with E-state index in [1.54, 1.807) is 23.1 Å². The Morgan fingerprint density at radius 2 is 1.93 bits per heavy atom. The van der Waals surface area contributed by atoms with E-state index in [0.717, 1.165) is 0 Å². The highest BCUT2D eigenvalue weighted by molar-refractivity contribution is 6.31. The molecule has 2 aromatic carbocycles. The minimum Gasteiger partial charge on any atom is -0.486 e. The molecule has 0 spiro atoms. The van der Waals surface area contributed by atoms with Gasteiger partial charge < -0.3 is 19.7 Å². The molecule has 1 N–H and O–H groups in total. The van der Waals surface area contributed by atoms with Crippen molar-refractivity contribution in [3.05, 3.63) is 47.2 Å². The molecule has 6 nitrogen and oxygen atoms in total. The zero-order valence-electron chi connectivity index (χ0n) is 14.2. The molecule has 2 amide bonds. The SMILES string of the molecule is O=C(Nc1ccc(F)c(Cl)c1)C1CC(=O)N(c2ccc3c(c2)OCCO3)C1. The maximum absolute atomic E-state index is 13.2. The van der Waals surface area contributed by atoms with Gasteiger partial charge in [-0.3, -0.25) is 9.59 Å². The van der Waals surface area contributed by atoms with Crippen LogP contribution in [0.25, 0.3) is 0 Å². The van der Waals surface area contributed by atoms with E-state index in [0.29, 0.717) is 36.1 Å². The zero-order chi connectivity index (χ0) is 19.0. The average molecular weight is 391 g/mol. The van der Waals surface area contributed by atoms with Crippen molar-refractivity contribution >= 4 is 34.8 Å². The second-order valence-corrected chi connectivity index (χ2v) is 6.76. The van der Waals surface area contributed by atoms with E-state index in [2.05, 4.69) is 5.32 Å². The highest BCUT2D eigenvalue weighted by Gasteiger charge is 2.35. The number of nitrogens with one attached hydrogen (secondary N) is 1. The highest BCUT2D eigenvalue weighted by atomic mass is 35.5. The number of halogens is 2. The number of carbonyl (C=O) groups is 2. The van der Waals surface area contributed by atoms with Gasteiger partial charge in [-0.05, 0) is 30.3 Å². The first-order chi connectivity index (χ1) is 13.0. The van der Waals surface area contributed by atoms with Crippen LogP contribution >= 0.6 is 11.6 Å². The van der Waals surface area contributed by atoms with Crippen LogP contribution in [0.15, 0.2) is 36.4 Å². The summed E-state index contributed by atoms with van der Waals surface area (Å²) in [4.78, 5) is 26.5. The van der Waals surface area contributed by atoms with E-state index in [-0.39, 0.29) is 29.8 Å². The molecular formula is C19H16ClFN2O4. The highest BCUT2D eigenvalue weighted by Crippen LogP contribution is 2.36. The molecule has 1 saturated heterocycles. The molecule has 2 heterocycles. The van der Waals surface area contributed by atoms with Crippen molar-refractivity contribution in [2.75, 3.05) is 30.0 Å². The van der Waals surface area contributed by atoms with Gasteiger partial charge in [-0.25, -0.2) is 4.39 Å². The molecule has 2 aliphatic heterocycles. The standard InChI is InChI=1S/C19H16ClFN2O4/c20-14-8-12(1-3-15(14)21)22-19(25)11-7-18(24)23(10-11)13-2-4-16-17(9-13)27-6-5-26-16/h1-4,8-9,11H,5-7,10H2,(H,22,25). The molecule has 140 valence electrons. The van der Waals surface area contributed by atoms with Crippen molar-refractivity contribution in [2.24, 2.45) is 5.92 Å². The predicted octanol–water partition coefficient (Wildman–Crippen LogP) is 3.24. The first-order valence-corrected chi connectivity index (χ1v) is 8.85. The summed E-state index contributed by atoms with van der Waals surface area (Å²) in [6.07, 6.45) is 0.0925. The molecule has 4 rings (SSSR count). The number of carbonyl (C=O) groups excluding carboxylic acids is 2. The number of hydrogen-bond acceptors (Lipinski definition) is 4. The molecule has 0 saturated carbocycles. The summed E-state index contributed by atoms with van der Waals surface area (Å²) in [7, 11) is 0. The number of hydrogen-bond donors (Lipinski definition) is 1. The number of amides is 2. The molecule has 0 aliphatic carbocycles. The number of anilines is 2. The Bertz CT molecular complexity index is 921. The van der Waals surface area contributed by atoms with Crippen LogP contribution in [0.4, 0.5) is 15.8 Å². The van der Waals surface area contributed by atoms with Crippen molar-refractivity contribution in [3.8, 4) is 11.5 Å². The van der Waals surface area contributed by atoms with Gasteiger partial charge >= 0.3 is 0 Å². The Kier molecular flexibility index (Phi) is 4.61. The molecule has 2 aromatic rings. The van der Waals surface area contributed by atoms with E-state index in [1.807, 2.05) is 0 Å². The van der Waals surface area contributed by atoms with Gasteiger partial charge in [0.05, 0.1) is 10.9 Å². The third-order valence-electron chi connectivity index (χ3n) is 4.52. The molecule has 2 aliphatic rings. The number of nitrogens with zero attached hydrogens (tertiary/aromatic N) is 1. The van der Waals surface area contributed by atoms with Crippen LogP contribution in [-0.4, -0.2) is 31.6 Å². The Labute approximate surface area is 159 Å². The average Bonchev–Trinajstić information content (AvgIpc) is 3.06. The lowest BCUT2D eigenvalue weighted by Gasteiger charge is -2.22. The molecule has 0 aromatic heterocycles. The fourth-order valence-electron chi connectivity index (χ4n) is 3.15. The Morgan fingerprint density at radius 3 is 2.70 bits per heavy atom. The van der Waals surface area contributed by atoms with E-state index in [4.69, 9.17) is 21.1 Å². The van der Waals surface area contributed by atoms with Gasteiger partial charge in [0, 0.05) is 30.4 Å². The van der Waals surface area contributed by atoms with Crippen LogP contribution in [0.2, 0.25) is 5.02 Å². The van der Waals surface area contributed by atoms with Crippen LogP contribution in [0.5, 0.6) is 11.5 Å². The summed E-state index contributed by atoms with van der Waals surface area (Å²) >= 11 is 5.73. The van der Waals surface area contributed by atoms with Gasteiger partial charge in [-0.15, -0.1) is 0 Å². The number of fused-ring (bicyclic) bond motifs is 1. The molecule has 0 radical (unpaired) electrons. The Morgan fingerprint density at radius 1 is 1.15 bits per heavy atom. The second kappa shape index (κ2) is 7.08. The lowest BCUT2D eigenvalue weighted by Crippen LogP contribution is -2.28. The largest absolute Gasteiger partial charge is 0.486 e. The van der Waals surface area contributed by atoms with Crippen molar-refractivity contribution in [2.45, 2.75) is 6.42 Å². The van der Waals surface area contributed by atoms with E-state index >= 15 is 0 Å². The van der Waals surface area contributed by atoms with Crippen LogP contribution < -0.4 is 19.7 Å². The van der Waals surface area contributed by atoms with Gasteiger partial charge in [0.25, 0.3) is 0 Å². The number of benzene rings is 2. The van der Waals surface area contributed by atoms with Crippen LogP contribution in [-0.2, 0) is 9.59 Å². The van der Waals surface area contributed by atoms with Gasteiger partial charge in [0.15, 0.2) is 11.5 Å². The smallest absolute Gasteiger partial charge is 0.229 e. The first kappa shape index (κ1) is 17.6. The summed E-state index contributed by atoms with van der Waals surface area (Å²) in [6.45, 7) is 1.19. The van der Waals surface area contributed by atoms with Gasteiger partial charge in [0.2, 0.25) is 11.8 Å². The summed E-state index contributed by atoms with van der Waals surface area (Å²) in [5, 5.41) is 2.61. The van der Waals surface area contributed by atoms with E-state index < -0.39 is 11.7 Å². The quantitative estimate of drug-likeness (QED) is 0.873. The maximum atomic E-state index is 13.2. The molecule has 1 fully saturated rings. The van der Waals surface area contributed by atoms with E-state index in [9.17, 15) is 14.0 Å². The summed E-state index contributed by atoms with van der Waals surface area (Å²) in [5.74, 6) is -0.320. The van der Waals surface area contributed by atoms with E-state index in [1.165, 1.54) is 18.2 Å². The maximum Gasteiger partial charge on any atom is 0.229 e. The molecule has 8 heteroatoms. The van der Waals surface area contributed by atoms with Gasteiger partial charge in [-0.1, -0.05) is 11.6 Å². The van der Waals surface area contributed by atoms with Crippen molar-refractivity contribution in [3.63, 3.8) is 0 Å². The van der Waals surface area contributed by atoms with Crippen LogP contribution in [0.1, 0.15) is 6.42 Å². The summed E-state index contributed by atoms with van der Waals surface area (Å²) in [5.41, 5.74) is 1.04. The normalized spacial score (nSPS) is 18.5. The molecule has 1 unspecified atom stereocenters. The second-order valence-electron chi connectivity index (χ2n) is 6.35. The van der Waals surface area contributed by atoms with Gasteiger partial charge in [0.1, 0.15) is 19.0 Å². The molecule has 0 bridgehead atoms. The third kappa shape index (κ3) is 3.55. The zero-order valence-corrected chi connectivity index (χ0v) is 15.0. The summed E-state index contributed by atoms with van der Waals surface area (Å²) < 4.78 is 24.3. The fraction of sp³-hybridized carbons (Fsp3) is 0.263. The monoisotopic (exact) mass is 390 g/mol. The molecule has 1 atom stereocenters. The fourth-order valence-corrected chi connectivity index (χ4v) is 3.33. The van der Waals surface area contributed by atoms with Crippen molar-refractivity contribution in [1.82, 2.24) is 0 Å². The first-order valence-electron chi connectivity index (χ1n) is 8.47. The number of ether oxygens (including phenoxy) is 2. The molecule has 27 heavy (non-hydrogen) atoms. The van der Waals surface area contributed by atoms with Crippen LogP contribution in [0, 0.1) is 11.7 Å². The van der Waals surface area contributed by atoms with Gasteiger partial charge in [-0.2, -0.15) is 0 Å². The lowest BCUT2D eigenvalue weighted by molar-refractivity contribution is -0.122.